The van der Waals surface area contributed by atoms with E-state index < -0.39 is 0 Å². The quantitative estimate of drug-likeness (QED) is 0.263. The molecule has 19 heavy (non-hydrogen) atoms. The van der Waals surface area contributed by atoms with Crippen molar-refractivity contribution in [1.29, 1.82) is 0 Å². The highest BCUT2D eigenvalue weighted by molar-refractivity contribution is 14.0. The minimum Gasteiger partial charge on any atom is -0.382 e. The average molecular weight is 385 g/mol. The van der Waals surface area contributed by atoms with E-state index in [1.54, 1.807) is 0 Å². The topological polar surface area (TPSA) is 59.6 Å². The number of ether oxygens (including phenoxy) is 1. The van der Waals surface area contributed by atoms with Crippen LogP contribution in [0.25, 0.3) is 0 Å². The molecule has 0 aliphatic carbocycles. The average Bonchev–Trinajstić information content (AvgIpc) is 2.28. The summed E-state index contributed by atoms with van der Waals surface area (Å²) in [4.78, 5) is 4.28. The maximum absolute atomic E-state index is 5.82. The van der Waals surface area contributed by atoms with E-state index >= 15 is 0 Å². The highest BCUT2D eigenvalue weighted by atomic mass is 127. The molecule has 3 N–H and O–H groups in total. The zero-order valence-corrected chi connectivity index (χ0v) is 15.3. The first-order valence-corrected chi connectivity index (χ1v) is 7.20. The van der Waals surface area contributed by atoms with E-state index in [9.17, 15) is 0 Å². The number of nitrogens with two attached hydrogens (primary N) is 1. The molecule has 0 aliphatic heterocycles. The van der Waals surface area contributed by atoms with Crippen molar-refractivity contribution in [2.75, 3.05) is 19.8 Å². The van der Waals surface area contributed by atoms with Gasteiger partial charge in [-0.15, -0.1) is 24.0 Å². The van der Waals surface area contributed by atoms with E-state index in [0.29, 0.717) is 12.0 Å². The van der Waals surface area contributed by atoms with Gasteiger partial charge in [0.1, 0.15) is 0 Å². The fourth-order valence-electron chi connectivity index (χ4n) is 1.71. The monoisotopic (exact) mass is 385 g/mol. The maximum atomic E-state index is 5.82. The van der Waals surface area contributed by atoms with E-state index in [4.69, 9.17) is 10.5 Å². The van der Waals surface area contributed by atoms with Gasteiger partial charge in [0.05, 0.1) is 0 Å². The third-order valence-electron chi connectivity index (χ3n) is 2.75. The summed E-state index contributed by atoms with van der Waals surface area (Å²) in [6, 6.07) is 0.402. The Hall–Kier alpha value is -0.0400. The van der Waals surface area contributed by atoms with Crippen LogP contribution in [0.2, 0.25) is 0 Å². The van der Waals surface area contributed by atoms with Gasteiger partial charge in [-0.3, -0.25) is 4.99 Å². The maximum Gasteiger partial charge on any atom is 0.188 e. The first-order chi connectivity index (χ1) is 8.56. The molecule has 5 heteroatoms. The molecule has 4 nitrogen and oxygen atoms in total. The number of hydrogen-bond acceptors (Lipinski definition) is 2. The third kappa shape index (κ3) is 15.9. The van der Waals surface area contributed by atoms with Gasteiger partial charge < -0.3 is 15.8 Å². The van der Waals surface area contributed by atoms with Gasteiger partial charge in [-0.25, -0.2) is 0 Å². The van der Waals surface area contributed by atoms with Gasteiger partial charge >= 0.3 is 0 Å². The molecule has 1 atom stereocenters. The summed E-state index contributed by atoms with van der Waals surface area (Å²) in [7, 11) is 0. The van der Waals surface area contributed by atoms with Gasteiger partial charge in [0.2, 0.25) is 0 Å². The van der Waals surface area contributed by atoms with Crippen molar-refractivity contribution < 1.29 is 4.74 Å². The zero-order chi connectivity index (χ0) is 13.8. The first kappa shape index (κ1) is 21.3. The Morgan fingerprint density at radius 1 is 1.21 bits per heavy atom. The van der Waals surface area contributed by atoms with Gasteiger partial charge in [0, 0.05) is 25.8 Å². The molecule has 0 amide bonds. The van der Waals surface area contributed by atoms with Crippen LogP contribution in [0, 0.1) is 5.92 Å². The van der Waals surface area contributed by atoms with E-state index in [0.717, 1.165) is 38.5 Å². The number of hydrogen-bond donors (Lipinski definition) is 2. The predicted molar refractivity (Wildman–Crippen MR) is 94.3 cm³/mol. The number of aliphatic imine (C=N–C) groups is 1. The Bertz CT molecular complexity index is 223. The van der Waals surface area contributed by atoms with Crippen LogP contribution in [-0.2, 0) is 4.74 Å². The molecule has 0 spiro atoms. The number of rotatable bonds is 10. The fraction of sp³-hybridized carbons (Fsp3) is 0.929. The number of guanidine groups is 1. The highest BCUT2D eigenvalue weighted by Crippen LogP contribution is 2.07. The summed E-state index contributed by atoms with van der Waals surface area (Å²) in [6.07, 6.45) is 4.59. The van der Waals surface area contributed by atoms with Crippen LogP contribution in [0.3, 0.4) is 0 Å². The normalized spacial score (nSPS) is 13.2. The lowest BCUT2D eigenvalue weighted by Crippen LogP contribution is -2.38. The predicted octanol–water partition coefficient (Wildman–Crippen LogP) is 3.15. The SMILES string of the molecule is CCOCCCN=C(N)NC(C)CCCC(C)C.I. The summed E-state index contributed by atoms with van der Waals surface area (Å²) in [5.74, 6) is 1.34. The van der Waals surface area contributed by atoms with Crippen LogP contribution in [0.4, 0.5) is 0 Å². The van der Waals surface area contributed by atoms with Crippen LogP contribution in [0.1, 0.15) is 53.4 Å². The highest BCUT2D eigenvalue weighted by Gasteiger charge is 2.03. The summed E-state index contributed by atoms with van der Waals surface area (Å²) in [6.45, 7) is 10.9. The van der Waals surface area contributed by atoms with E-state index in [1.807, 2.05) is 6.92 Å². The van der Waals surface area contributed by atoms with E-state index in [1.165, 1.54) is 12.8 Å². The summed E-state index contributed by atoms with van der Waals surface area (Å²) in [5, 5.41) is 3.23. The van der Waals surface area contributed by atoms with Gasteiger partial charge in [-0.05, 0) is 32.6 Å². The van der Waals surface area contributed by atoms with Crippen LogP contribution >= 0.6 is 24.0 Å². The standard InChI is InChI=1S/C14H31N3O.HI/c1-5-18-11-7-10-16-14(15)17-13(4)9-6-8-12(2)3;/h12-13H,5-11H2,1-4H3,(H3,15,16,17);1H. The molecule has 0 aromatic carbocycles. The molecule has 0 aliphatic rings. The number of nitrogens with zero attached hydrogens (tertiary/aromatic N) is 1. The van der Waals surface area contributed by atoms with Crippen molar-refractivity contribution in [1.82, 2.24) is 5.32 Å². The molecular weight excluding hydrogens is 353 g/mol. The summed E-state index contributed by atoms with van der Waals surface area (Å²) < 4.78 is 5.24. The molecule has 0 fully saturated rings. The second-order valence-corrected chi connectivity index (χ2v) is 5.19. The fourth-order valence-corrected chi connectivity index (χ4v) is 1.71. The van der Waals surface area contributed by atoms with E-state index in [2.05, 4.69) is 31.1 Å². The Morgan fingerprint density at radius 3 is 2.47 bits per heavy atom. The molecule has 0 aromatic heterocycles. The van der Waals surface area contributed by atoms with Crippen LogP contribution < -0.4 is 11.1 Å². The van der Waals surface area contributed by atoms with Crippen molar-refractivity contribution in [3.8, 4) is 0 Å². The van der Waals surface area contributed by atoms with Crippen LogP contribution in [0.5, 0.6) is 0 Å². The second-order valence-electron chi connectivity index (χ2n) is 5.19. The third-order valence-corrected chi connectivity index (χ3v) is 2.75. The molecule has 1 unspecified atom stereocenters. The van der Waals surface area contributed by atoms with Crippen molar-refractivity contribution >= 4 is 29.9 Å². The van der Waals surface area contributed by atoms with Crippen molar-refractivity contribution in [2.45, 2.75) is 59.4 Å². The molecule has 0 bridgehead atoms. The lowest BCUT2D eigenvalue weighted by Gasteiger charge is -2.15. The molecule has 0 heterocycles. The van der Waals surface area contributed by atoms with Crippen LogP contribution in [-0.4, -0.2) is 31.8 Å². The van der Waals surface area contributed by atoms with Crippen molar-refractivity contribution in [3.05, 3.63) is 0 Å². The lowest BCUT2D eigenvalue weighted by atomic mass is 10.0. The number of nitrogens with one attached hydrogen (secondary N) is 1. The minimum absolute atomic E-state index is 0. The van der Waals surface area contributed by atoms with Crippen molar-refractivity contribution in [2.24, 2.45) is 16.6 Å². The molecule has 0 saturated heterocycles. The molecule has 0 aromatic rings. The van der Waals surface area contributed by atoms with E-state index in [-0.39, 0.29) is 24.0 Å². The van der Waals surface area contributed by atoms with Gasteiger partial charge in [0.25, 0.3) is 0 Å². The van der Waals surface area contributed by atoms with Crippen molar-refractivity contribution in [3.63, 3.8) is 0 Å². The Balaban J connectivity index is 0. The Kier molecular flexibility index (Phi) is 16.1. The zero-order valence-electron chi connectivity index (χ0n) is 12.9. The molecular formula is C14H32IN3O. The largest absolute Gasteiger partial charge is 0.382 e. The molecule has 0 rings (SSSR count). The molecule has 0 saturated carbocycles. The first-order valence-electron chi connectivity index (χ1n) is 7.20. The minimum atomic E-state index is 0. The second kappa shape index (κ2) is 14.4. The smallest absolute Gasteiger partial charge is 0.188 e. The number of halogens is 1. The van der Waals surface area contributed by atoms with Gasteiger partial charge in [0.15, 0.2) is 5.96 Å². The summed E-state index contributed by atoms with van der Waals surface area (Å²) >= 11 is 0. The molecule has 116 valence electrons. The Morgan fingerprint density at radius 2 is 1.89 bits per heavy atom. The van der Waals surface area contributed by atoms with Crippen LogP contribution in [0.15, 0.2) is 4.99 Å². The van der Waals surface area contributed by atoms with Gasteiger partial charge in [-0.2, -0.15) is 0 Å². The Labute approximate surface area is 136 Å². The molecule has 0 radical (unpaired) electrons. The lowest BCUT2D eigenvalue weighted by molar-refractivity contribution is 0.146. The van der Waals surface area contributed by atoms with Gasteiger partial charge in [-0.1, -0.05) is 26.7 Å². The summed E-state index contributed by atoms with van der Waals surface area (Å²) in [5.41, 5.74) is 5.82.